The van der Waals surface area contributed by atoms with Crippen molar-refractivity contribution in [1.29, 1.82) is 0 Å². The Morgan fingerprint density at radius 2 is 2.00 bits per heavy atom. The first kappa shape index (κ1) is 20.1. The zero-order valence-electron chi connectivity index (χ0n) is 15.3. The fraction of sp³-hybridized carbons (Fsp3) is 0.211. The summed E-state index contributed by atoms with van der Waals surface area (Å²) in [5.74, 6) is -0.520. The van der Waals surface area contributed by atoms with Gasteiger partial charge in [-0.2, -0.15) is 13.2 Å². The van der Waals surface area contributed by atoms with E-state index in [9.17, 15) is 22.4 Å². The summed E-state index contributed by atoms with van der Waals surface area (Å²) in [5, 5.41) is -0.113. The summed E-state index contributed by atoms with van der Waals surface area (Å²) < 4.78 is 59.9. The van der Waals surface area contributed by atoms with Crippen LogP contribution in [0.2, 0.25) is 5.02 Å². The monoisotopic (exact) mass is 440 g/mol. The number of pyridine rings is 1. The Bertz CT molecular complexity index is 1130. The van der Waals surface area contributed by atoms with Crippen LogP contribution in [0.15, 0.2) is 42.7 Å². The van der Waals surface area contributed by atoms with Gasteiger partial charge < -0.3 is 9.30 Å². The molecule has 1 amide bonds. The molecule has 1 saturated heterocycles. The van der Waals surface area contributed by atoms with Crippen molar-refractivity contribution in [3.63, 3.8) is 0 Å². The van der Waals surface area contributed by atoms with Crippen LogP contribution in [0, 0.1) is 12.7 Å². The Hall–Kier alpha value is -3.14. The predicted molar refractivity (Wildman–Crippen MR) is 99.1 cm³/mol. The molecule has 1 fully saturated rings. The third-order valence-corrected chi connectivity index (χ3v) is 4.83. The number of imidazole rings is 1. The second kappa shape index (κ2) is 7.28. The molecule has 0 bridgehead atoms. The maximum absolute atomic E-state index is 13.5. The molecule has 11 heteroatoms. The predicted octanol–water partition coefficient (Wildman–Crippen LogP) is 5.08. The summed E-state index contributed by atoms with van der Waals surface area (Å²) in [6.45, 7) is 1.25. The quantitative estimate of drug-likeness (QED) is 0.533. The summed E-state index contributed by atoms with van der Waals surface area (Å²) in [6.07, 6.45) is -2.45. The third kappa shape index (κ3) is 3.58. The number of anilines is 1. The van der Waals surface area contributed by atoms with Crippen LogP contribution in [0.3, 0.4) is 0 Å². The van der Waals surface area contributed by atoms with Crippen molar-refractivity contribution in [2.75, 3.05) is 11.5 Å². The van der Waals surface area contributed by atoms with Crippen molar-refractivity contribution in [2.24, 2.45) is 0 Å². The number of aromatic nitrogens is 3. The van der Waals surface area contributed by atoms with Gasteiger partial charge >= 0.3 is 12.3 Å². The Morgan fingerprint density at radius 1 is 1.23 bits per heavy atom. The van der Waals surface area contributed by atoms with Gasteiger partial charge in [-0.15, -0.1) is 0 Å². The highest BCUT2D eigenvalue weighted by molar-refractivity contribution is 6.30. The minimum absolute atomic E-state index is 0.0898. The topological polar surface area (TPSA) is 60.3 Å². The van der Waals surface area contributed by atoms with E-state index in [0.717, 1.165) is 17.0 Å². The van der Waals surface area contributed by atoms with Gasteiger partial charge in [0.1, 0.15) is 30.1 Å². The zero-order chi connectivity index (χ0) is 21.6. The van der Waals surface area contributed by atoms with Gasteiger partial charge in [0.2, 0.25) is 0 Å². The molecule has 0 saturated carbocycles. The van der Waals surface area contributed by atoms with Crippen LogP contribution in [0.4, 0.5) is 28.2 Å². The number of carbonyl (C=O) groups is 1. The minimum Gasteiger partial charge on any atom is -0.446 e. The lowest BCUT2D eigenvalue weighted by Crippen LogP contribution is -2.30. The van der Waals surface area contributed by atoms with E-state index in [4.69, 9.17) is 16.3 Å². The summed E-state index contributed by atoms with van der Waals surface area (Å²) in [5.41, 5.74) is -0.384. The standard InChI is InChI=1S/C19H13ClF4N4O2/c1-10-6-11(19(22,23)24)7-16(26-10)28-15(9-30-18(28)29)17-25-4-5-27(17)12-2-3-14(21)13(20)8-12/h2-8,15H,9H2,1H3/t15-/m0/s1. The molecule has 3 heterocycles. The molecule has 4 rings (SSSR count). The molecular weight excluding hydrogens is 428 g/mol. The molecule has 0 radical (unpaired) electrons. The second-order valence-corrected chi connectivity index (χ2v) is 6.98. The Labute approximate surface area is 172 Å². The molecule has 6 nitrogen and oxygen atoms in total. The van der Waals surface area contributed by atoms with Crippen molar-refractivity contribution in [3.8, 4) is 5.69 Å². The lowest BCUT2D eigenvalue weighted by atomic mass is 10.2. The molecule has 0 N–H and O–H groups in total. The Balaban J connectivity index is 1.78. The molecule has 0 unspecified atom stereocenters. The SMILES string of the molecule is Cc1cc(C(F)(F)F)cc(N2C(=O)OC[C@H]2c2nccn2-c2ccc(F)c(Cl)c2)n1. The number of amides is 1. The fourth-order valence-electron chi connectivity index (χ4n) is 3.22. The van der Waals surface area contributed by atoms with E-state index < -0.39 is 29.7 Å². The minimum atomic E-state index is -4.61. The molecular formula is C19H13ClF4N4O2. The molecule has 30 heavy (non-hydrogen) atoms. The second-order valence-electron chi connectivity index (χ2n) is 6.57. The molecule has 156 valence electrons. The van der Waals surface area contributed by atoms with Gasteiger partial charge in [0, 0.05) is 23.8 Å². The van der Waals surface area contributed by atoms with Crippen molar-refractivity contribution in [2.45, 2.75) is 19.1 Å². The summed E-state index contributed by atoms with van der Waals surface area (Å²) in [6, 6.07) is 4.83. The number of alkyl halides is 3. The molecule has 0 spiro atoms. The van der Waals surface area contributed by atoms with Crippen molar-refractivity contribution in [3.05, 3.63) is 70.6 Å². The van der Waals surface area contributed by atoms with Gasteiger partial charge in [-0.25, -0.2) is 24.1 Å². The number of aryl methyl sites for hydroxylation is 1. The van der Waals surface area contributed by atoms with E-state index in [-0.39, 0.29) is 23.1 Å². The highest BCUT2D eigenvalue weighted by Crippen LogP contribution is 2.36. The maximum Gasteiger partial charge on any atom is 0.416 e. The van der Waals surface area contributed by atoms with Gasteiger partial charge in [-0.3, -0.25) is 0 Å². The van der Waals surface area contributed by atoms with Crippen LogP contribution in [0.1, 0.15) is 23.1 Å². The number of hydrogen-bond donors (Lipinski definition) is 0. The zero-order valence-corrected chi connectivity index (χ0v) is 16.1. The van der Waals surface area contributed by atoms with E-state index >= 15 is 0 Å². The number of halogens is 5. The number of benzene rings is 1. The van der Waals surface area contributed by atoms with E-state index in [2.05, 4.69) is 9.97 Å². The number of carbonyl (C=O) groups excluding carboxylic acids is 1. The summed E-state index contributed by atoms with van der Waals surface area (Å²) >= 11 is 5.85. The van der Waals surface area contributed by atoms with Crippen molar-refractivity contribution >= 4 is 23.5 Å². The highest BCUT2D eigenvalue weighted by Gasteiger charge is 2.40. The van der Waals surface area contributed by atoms with Gasteiger partial charge in [-0.05, 0) is 37.3 Å². The van der Waals surface area contributed by atoms with E-state index in [1.807, 2.05) is 0 Å². The fourth-order valence-corrected chi connectivity index (χ4v) is 3.39. The molecule has 1 aliphatic rings. The molecule has 1 aromatic carbocycles. The van der Waals surface area contributed by atoms with Crippen LogP contribution in [-0.2, 0) is 10.9 Å². The third-order valence-electron chi connectivity index (χ3n) is 4.54. The van der Waals surface area contributed by atoms with Crippen LogP contribution in [-0.4, -0.2) is 27.2 Å². The van der Waals surface area contributed by atoms with Gasteiger partial charge in [0.05, 0.1) is 10.6 Å². The van der Waals surface area contributed by atoms with Crippen molar-refractivity contribution < 1.29 is 27.1 Å². The molecule has 1 aliphatic heterocycles. The van der Waals surface area contributed by atoms with Crippen LogP contribution >= 0.6 is 11.6 Å². The first-order valence-electron chi connectivity index (χ1n) is 8.65. The Morgan fingerprint density at radius 3 is 2.70 bits per heavy atom. The smallest absolute Gasteiger partial charge is 0.416 e. The van der Waals surface area contributed by atoms with Gasteiger partial charge in [0.25, 0.3) is 0 Å². The van der Waals surface area contributed by atoms with Gasteiger partial charge in [-0.1, -0.05) is 11.6 Å². The van der Waals surface area contributed by atoms with E-state index in [0.29, 0.717) is 11.5 Å². The number of ether oxygens (including phenoxy) is 1. The van der Waals surface area contributed by atoms with Crippen molar-refractivity contribution in [1.82, 2.24) is 14.5 Å². The lowest BCUT2D eigenvalue weighted by Gasteiger charge is -2.22. The van der Waals surface area contributed by atoms with E-state index in [1.54, 1.807) is 10.8 Å². The lowest BCUT2D eigenvalue weighted by molar-refractivity contribution is -0.137. The molecule has 3 aromatic rings. The average Bonchev–Trinajstić information content (AvgIpc) is 3.29. The largest absolute Gasteiger partial charge is 0.446 e. The first-order valence-corrected chi connectivity index (χ1v) is 9.03. The van der Waals surface area contributed by atoms with Gasteiger partial charge in [0.15, 0.2) is 0 Å². The molecule has 1 atom stereocenters. The highest BCUT2D eigenvalue weighted by atomic mass is 35.5. The summed E-state index contributed by atoms with van der Waals surface area (Å²) in [4.78, 5) is 21.7. The number of nitrogens with zero attached hydrogens (tertiary/aromatic N) is 4. The normalized spacial score (nSPS) is 16.8. The summed E-state index contributed by atoms with van der Waals surface area (Å²) in [7, 11) is 0. The van der Waals surface area contributed by atoms with Crippen LogP contribution < -0.4 is 4.90 Å². The number of rotatable bonds is 3. The maximum atomic E-state index is 13.5. The van der Waals surface area contributed by atoms with Crippen LogP contribution in [0.5, 0.6) is 0 Å². The molecule has 0 aliphatic carbocycles. The number of hydrogen-bond acceptors (Lipinski definition) is 4. The average molecular weight is 441 g/mol. The number of cyclic esters (lactones) is 1. The van der Waals surface area contributed by atoms with Crippen LogP contribution in [0.25, 0.3) is 5.69 Å². The Kier molecular flexibility index (Phi) is 4.89. The first-order chi connectivity index (χ1) is 14.1. The molecule has 2 aromatic heterocycles. The van der Waals surface area contributed by atoms with E-state index in [1.165, 1.54) is 31.3 Å².